The molecule has 0 amide bonds. The number of aryl methyl sites for hydroxylation is 1. The predicted octanol–water partition coefficient (Wildman–Crippen LogP) is 2.71. The van der Waals surface area contributed by atoms with Crippen LogP contribution in [-0.4, -0.2) is 44.9 Å². The van der Waals surface area contributed by atoms with Crippen LogP contribution < -0.4 is 9.80 Å². The Hall–Kier alpha value is -1.28. The molecule has 6 nitrogen and oxygen atoms in total. The summed E-state index contributed by atoms with van der Waals surface area (Å²) in [7, 11) is 0. The molecule has 0 aliphatic carbocycles. The van der Waals surface area contributed by atoms with Crippen molar-refractivity contribution in [3.63, 3.8) is 0 Å². The molecule has 3 heterocycles. The number of aromatic nitrogens is 4. The van der Waals surface area contributed by atoms with Gasteiger partial charge in [-0.3, -0.25) is 0 Å². The number of hydrogen-bond acceptors (Lipinski definition) is 8. The van der Waals surface area contributed by atoms with Crippen LogP contribution in [-0.2, 0) is 5.41 Å². The standard InChI is InChI=1S/C14H22N6S2/c1-10-15-12(21-17-10)19-6-5-7-20(9-8-19)13-16-11(18-22-13)14(2,3)4/h5-9H2,1-4H3. The molecule has 1 aliphatic rings. The van der Waals surface area contributed by atoms with E-state index in [1.54, 1.807) is 0 Å². The molecule has 0 bridgehead atoms. The van der Waals surface area contributed by atoms with E-state index in [0.717, 1.165) is 54.5 Å². The van der Waals surface area contributed by atoms with Crippen LogP contribution in [0.5, 0.6) is 0 Å². The number of anilines is 2. The van der Waals surface area contributed by atoms with E-state index < -0.39 is 0 Å². The van der Waals surface area contributed by atoms with Crippen molar-refractivity contribution in [3.05, 3.63) is 11.6 Å². The molecule has 0 atom stereocenters. The van der Waals surface area contributed by atoms with E-state index in [1.165, 1.54) is 23.1 Å². The van der Waals surface area contributed by atoms with Gasteiger partial charge in [0.1, 0.15) is 11.6 Å². The van der Waals surface area contributed by atoms with Crippen molar-refractivity contribution >= 4 is 33.3 Å². The Balaban J connectivity index is 1.69. The average Bonchev–Trinajstić information content (AvgIpc) is 3.03. The van der Waals surface area contributed by atoms with Gasteiger partial charge in [-0.1, -0.05) is 20.8 Å². The van der Waals surface area contributed by atoms with Gasteiger partial charge in [0.05, 0.1) is 0 Å². The Morgan fingerprint density at radius 3 is 1.95 bits per heavy atom. The normalized spacial score (nSPS) is 16.9. The molecule has 1 aliphatic heterocycles. The van der Waals surface area contributed by atoms with Crippen molar-refractivity contribution in [2.45, 2.75) is 39.5 Å². The molecule has 0 unspecified atom stereocenters. The topological polar surface area (TPSA) is 58.0 Å². The molecule has 3 rings (SSSR count). The molecular weight excluding hydrogens is 316 g/mol. The summed E-state index contributed by atoms with van der Waals surface area (Å²) in [4.78, 5) is 13.9. The fourth-order valence-electron chi connectivity index (χ4n) is 2.36. The minimum absolute atomic E-state index is 0.0106. The molecule has 1 fully saturated rings. The number of nitrogens with zero attached hydrogens (tertiary/aromatic N) is 6. The maximum absolute atomic E-state index is 4.74. The van der Waals surface area contributed by atoms with Crippen molar-refractivity contribution in [1.82, 2.24) is 18.7 Å². The summed E-state index contributed by atoms with van der Waals surface area (Å²) in [6.07, 6.45) is 1.10. The summed E-state index contributed by atoms with van der Waals surface area (Å²) in [5, 5.41) is 2.08. The lowest BCUT2D eigenvalue weighted by atomic mass is 9.96. The lowest BCUT2D eigenvalue weighted by Gasteiger charge is -2.20. The van der Waals surface area contributed by atoms with E-state index in [0.29, 0.717) is 0 Å². The van der Waals surface area contributed by atoms with E-state index in [4.69, 9.17) is 4.98 Å². The molecule has 0 spiro atoms. The second-order valence-electron chi connectivity index (χ2n) is 6.60. The SMILES string of the molecule is Cc1nsc(N2CCCN(c3nc(C(C)(C)C)ns3)CC2)n1. The monoisotopic (exact) mass is 338 g/mol. The predicted molar refractivity (Wildman–Crippen MR) is 92.3 cm³/mol. The second-order valence-corrected chi connectivity index (χ2v) is 8.06. The average molecular weight is 339 g/mol. The Labute approximate surface area is 139 Å². The molecule has 22 heavy (non-hydrogen) atoms. The Kier molecular flexibility index (Phi) is 4.31. The van der Waals surface area contributed by atoms with Crippen LogP contribution in [0.3, 0.4) is 0 Å². The van der Waals surface area contributed by atoms with E-state index in [-0.39, 0.29) is 5.41 Å². The van der Waals surface area contributed by atoms with Crippen molar-refractivity contribution in [1.29, 1.82) is 0 Å². The molecule has 0 radical (unpaired) electrons. The highest BCUT2D eigenvalue weighted by Gasteiger charge is 2.23. The Morgan fingerprint density at radius 1 is 0.864 bits per heavy atom. The summed E-state index contributed by atoms with van der Waals surface area (Å²) >= 11 is 3.01. The van der Waals surface area contributed by atoms with Gasteiger partial charge in [-0.15, -0.1) is 0 Å². The van der Waals surface area contributed by atoms with Gasteiger partial charge in [-0.25, -0.2) is 9.97 Å². The maximum atomic E-state index is 4.74. The summed E-state index contributed by atoms with van der Waals surface area (Å²) in [6, 6.07) is 0. The van der Waals surface area contributed by atoms with Gasteiger partial charge in [0, 0.05) is 54.7 Å². The third-order valence-electron chi connectivity index (χ3n) is 3.64. The van der Waals surface area contributed by atoms with Crippen LogP contribution in [0.25, 0.3) is 0 Å². The fraction of sp³-hybridized carbons (Fsp3) is 0.714. The summed E-state index contributed by atoms with van der Waals surface area (Å²) < 4.78 is 8.81. The van der Waals surface area contributed by atoms with Gasteiger partial charge in [0.15, 0.2) is 0 Å². The largest absolute Gasteiger partial charge is 0.345 e. The molecule has 2 aromatic heterocycles. The van der Waals surface area contributed by atoms with Crippen LogP contribution in [0.2, 0.25) is 0 Å². The molecule has 0 aromatic carbocycles. The quantitative estimate of drug-likeness (QED) is 0.839. The number of hydrogen-bond donors (Lipinski definition) is 0. The van der Waals surface area contributed by atoms with E-state index in [9.17, 15) is 0 Å². The fourth-order valence-corrected chi connectivity index (χ4v) is 4.00. The van der Waals surface area contributed by atoms with Crippen LogP contribution in [0.4, 0.5) is 10.3 Å². The van der Waals surface area contributed by atoms with Crippen LogP contribution in [0.15, 0.2) is 0 Å². The minimum Gasteiger partial charge on any atom is -0.345 e. The second kappa shape index (κ2) is 6.08. The molecule has 120 valence electrons. The molecule has 0 saturated carbocycles. The van der Waals surface area contributed by atoms with E-state index >= 15 is 0 Å². The van der Waals surface area contributed by atoms with Gasteiger partial charge >= 0.3 is 0 Å². The molecular formula is C14H22N6S2. The zero-order valence-corrected chi connectivity index (χ0v) is 15.2. The van der Waals surface area contributed by atoms with Crippen LogP contribution >= 0.6 is 23.1 Å². The zero-order valence-electron chi connectivity index (χ0n) is 13.5. The molecule has 1 saturated heterocycles. The Morgan fingerprint density at radius 2 is 1.45 bits per heavy atom. The smallest absolute Gasteiger partial charge is 0.205 e. The van der Waals surface area contributed by atoms with Gasteiger partial charge < -0.3 is 9.80 Å². The Bertz CT molecular complexity index is 629. The van der Waals surface area contributed by atoms with Gasteiger partial charge in [0.25, 0.3) is 0 Å². The van der Waals surface area contributed by atoms with Gasteiger partial charge in [-0.05, 0) is 13.3 Å². The zero-order chi connectivity index (χ0) is 15.7. The van der Waals surface area contributed by atoms with E-state index in [1.807, 2.05) is 6.92 Å². The number of rotatable bonds is 2. The highest BCUT2D eigenvalue weighted by molar-refractivity contribution is 7.10. The first-order chi connectivity index (χ1) is 10.4. The van der Waals surface area contributed by atoms with Crippen molar-refractivity contribution in [2.75, 3.05) is 36.0 Å². The van der Waals surface area contributed by atoms with Crippen molar-refractivity contribution in [2.24, 2.45) is 0 Å². The lowest BCUT2D eigenvalue weighted by Crippen LogP contribution is -2.30. The third-order valence-corrected chi connectivity index (χ3v) is 5.29. The highest BCUT2D eigenvalue weighted by atomic mass is 32.1. The summed E-state index contributed by atoms with van der Waals surface area (Å²) in [6.45, 7) is 12.4. The van der Waals surface area contributed by atoms with E-state index in [2.05, 4.69) is 44.3 Å². The van der Waals surface area contributed by atoms with Crippen LogP contribution in [0.1, 0.15) is 38.8 Å². The molecule has 0 N–H and O–H groups in total. The molecule has 8 heteroatoms. The van der Waals surface area contributed by atoms with Gasteiger partial charge in [-0.2, -0.15) is 8.75 Å². The first-order valence-electron chi connectivity index (χ1n) is 7.58. The summed E-state index contributed by atoms with van der Waals surface area (Å²) in [5.74, 6) is 1.80. The minimum atomic E-state index is 0.0106. The first-order valence-corrected chi connectivity index (χ1v) is 9.12. The maximum Gasteiger partial charge on any atom is 0.205 e. The van der Waals surface area contributed by atoms with Gasteiger partial charge in [0.2, 0.25) is 10.3 Å². The first kappa shape index (κ1) is 15.6. The summed E-state index contributed by atoms with van der Waals surface area (Å²) in [5.41, 5.74) is 0.0106. The third kappa shape index (κ3) is 3.38. The van der Waals surface area contributed by atoms with Crippen molar-refractivity contribution in [3.8, 4) is 0 Å². The highest BCUT2D eigenvalue weighted by Crippen LogP contribution is 2.27. The molecule has 2 aromatic rings. The van der Waals surface area contributed by atoms with Crippen molar-refractivity contribution < 1.29 is 0 Å². The van der Waals surface area contributed by atoms with Crippen LogP contribution in [0, 0.1) is 6.92 Å². The lowest BCUT2D eigenvalue weighted by molar-refractivity contribution is 0.554.